The summed E-state index contributed by atoms with van der Waals surface area (Å²) in [5.74, 6) is -1.97. The number of rotatable bonds is 11. The molecule has 3 aromatic rings. The van der Waals surface area contributed by atoms with Crippen molar-refractivity contribution in [3.63, 3.8) is 0 Å². The second-order valence-electron chi connectivity index (χ2n) is 9.96. The molecule has 200 valence electrons. The first kappa shape index (κ1) is 28.7. The Labute approximate surface area is 222 Å². The van der Waals surface area contributed by atoms with Crippen molar-refractivity contribution in [3.8, 4) is 11.1 Å². The molecule has 3 aromatic carbocycles. The van der Waals surface area contributed by atoms with Crippen LogP contribution in [0.15, 0.2) is 60.7 Å². The highest BCUT2D eigenvalue weighted by Crippen LogP contribution is 2.26. The molecule has 0 aliphatic heterocycles. The van der Waals surface area contributed by atoms with Gasteiger partial charge in [-0.15, -0.1) is 0 Å². The van der Waals surface area contributed by atoms with E-state index in [1.807, 2.05) is 64.1 Å². The van der Waals surface area contributed by atoms with Crippen LogP contribution in [0, 0.1) is 11.8 Å². The van der Waals surface area contributed by atoms with Crippen LogP contribution in [0.3, 0.4) is 0 Å². The number of hydrogen-bond donors (Lipinski definition) is 2. The largest absolute Gasteiger partial charge is 0.456 e. The lowest BCUT2D eigenvalue weighted by Gasteiger charge is -2.14. The predicted molar refractivity (Wildman–Crippen MR) is 146 cm³/mol. The minimum absolute atomic E-state index is 0.0791. The van der Waals surface area contributed by atoms with Gasteiger partial charge in [0.05, 0.1) is 0 Å². The third-order valence-corrected chi connectivity index (χ3v) is 6.37. The van der Waals surface area contributed by atoms with Crippen molar-refractivity contribution in [2.24, 2.45) is 23.3 Å². The van der Waals surface area contributed by atoms with E-state index in [2.05, 4.69) is 0 Å². The summed E-state index contributed by atoms with van der Waals surface area (Å²) < 4.78 is 10.1. The van der Waals surface area contributed by atoms with E-state index in [9.17, 15) is 19.2 Å². The average Bonchev–Trinajstić information content (AvgIpc) is 2.92. The van der Waals surface area contributed by atoms with Gasteiger partial charge in [0.1, 0.15) is 12.1 Å². The van der Waals surface area contributed by atoms with Gasteiger partial charge in [-0.3, -0.25) is 19.2 Å². The fraction of sp³-hybridized carbons (Fsp3) is 0.333. The Kier molecular flexibility index (Phi) is 9.50. The molecule has 0 aliphatic rings. The minimum atomic E-state index is -0.767. The Bertz CT molecular complexity index is 1330. The van der Waals surface area contributed by atoms with Gasteiger partial charge in [-0.25, -0.2) is 0 Å². The van der Waals surface area contributed by atoms with E-state index in [0.717, 1.165) is 21.9 Å². The molecule has 0 aromatic heterocycles. The lowest BCUT2D eigenvalue weighted by Crippen LogP contribution is -2.37. The van der Waals surface area contributed by atoms with Crippen molar-refractivity contribution in [2.75, 3.05) is 13.2 Å². The summed E-state index contributed by atoms with van der Waals surface area (Å²) >= 11 is 0. The summed E-state index contributed by atoms with van der Waals surface area (Å²) in [6.07, 6.45) is 0. The number of ketones is 2. The molecule has 2 atom stereocenters. The summed E-state index contributed by atoms with van der Waals surface area (Å²) in [7, 11) is 0. The highest BCUT2D eigenvalue weighted by molar-refractivity contribution is 6.02. The van der Waals surface area contributed by atoms with Crippen molar-refractivity contribution in [3.05, 3.63) is 71.8 Å². The highest BCUT2D eigenvalue weighted by Gasteiger charge is 2.21. The second-order valence-corrected chi connectivity index (χ2v) is 9.96. The van der Waals surface area contributed by atoms with Crippen LogP contribution >= 0.6 is 0 Å². The molecular weight excluding hydrogens is 484 g/mol. The van der Waals surface area contributed by atoms with Crippen molar-refractivity contribution in [1.82, 2.24) is 0 Å². The molecule has 0 saturated carbocycles. The molecule has 8 heteroatoms. The number of ether oxygens (including phenoxy) is 2. The number of carbonyl (C=O) groups excluding carboxylic acids is 4. The summed E-state index contributed by atoms with van der Waals surface area (Å²) in [5.41, 5.74) is 14.2. The van der Waals surface area contributed by atoms with E-state index in [-0.39, 0.29) is 36.6 Å². The van der Waals surface area contributed by atoms with Crippen LogP contribution in [0.1, 0.15) is 48.4 Å². The van der Waals surface area contributed by atoms with E-state index < -0.39 is 24.0 Å². The fourth-order valence-electron chi connectivity index (χ4n) is 3.62. The van der Waals surface area contributed by atoms with Gasteiger partial charge in [-0.2, -0.15) is 0 Å². The lowest BCUT2D eigenvalue weighted by atomic mass is 9.98. The first-order valence-corrected chi connectivity index (χ1v) is 12.5. The van der Waals surface area contributed by atoms with Crippen LogP contribution in [0.4, 0.5) is 0 Å². The van der Waals surface area contributed by atoms with Crippen molar-refractivity contribution < 1.29 is 28.7 Å². The molecule has 0 spiro atoms. The van der Waals surface area contributed by atoms with E-state index in [0.29, 0.717) is 11.1 Å². The maximum Gasteiger partial charge on any atom is 0.323 e. The van der Waals surface area contributed by atoms with Gasteiger partial charge in [0.25, 0.3) is 0 Å². The summed E-state index contributed by atoms with van der Waals surface area (Å²) in [5, 5.41) is 1.78. The molecule has 0 amide bonds. The standard InChI is InChI=1S/C30H34N2O6/c1-17(2)27(31)29(35)37-15-25(33)20-7-5-19(6-8-20)21-9-10-23-14-24(12-11-22(23)13-21)26(34)16-38-30(36)28(32)18(3)4/h5-14,17-18,27-28H,15-16,31-32H2,1-4H3/t27-,28-/m0/s1. The molecule has 0 unspecified atom stereocenters. The van der Waals surface area contributed by atoms with E-state index >= 15 is 0 Å². The van der Waals surface area contributed by atoms with Gasteiger partial charge in [-0.05, 0) is 45.9 Å². The van der Waals surface area contributed by atoms with Crippen molar-refractivity contribution in [1.29, 1.82) is 0 Å². The maximum absolute atomic E-state index is 12.5. The monoisotopic (exact) mass is 518 g/mol. The second kappa shape index (κ2) is 12.6. The lowest BCUT2D eigenvalue weighted by molar-refractivity contribution is -0.145. The molecule has 4 N–H and O–H groups in total. The van der Waals surface area contributed by atoms with Crippen LogP contribution in [-0.4, -0.2) is 48.8 Å². The molecule has 3 rings (SSSR count). The highest BCUT2D eigenvalue weighted by atomic mass is 16.5. The Morgan fingerprint density at radius 2 is 1.03 bits per heavy atom. The molecule has 0 bridgehead atoms. The number of hydrogen-bond acceptors (Lipinski definition) is 8. The fourth-order valence-corrected chi connectivity index (χ4v) is 3.62. The zero-order valence-electron chi connectivity index (χ0n) is 22.1. The number of fused-ring (bicyclic) bond motifs is 1. The Balaban J connectivity index is 1.65. The number of Topliss-reactive ketones (excluding diaryl/α,β-unsaturated/α-hetero) is 2. The van der Waals surface area contributed by atoms with Crippen molar-refractivity contribution in [2.45, 2.75) is 39.8 Å². The molecule has 0 fully saturated rings. The Morgan fingerprint density at radius 3 is 1.55 bits per heavy atom. The van der Waals surface area contributed by atoms with Crippen molar-refractivity contribution >= 4 is 34.3 Å². The Hall–Kier alpha value is -3.88. The molecule has 0 heterocycles. The first-order valence-electron chi connectivity index (χ1n) is 12.5. The van der Waals surface area contributed by atoms with Crippen LogP contribution < -0.4 is 11.5 Å². The third kappa shape index (κ3) is 7.12. The number of esters is 2. The zero-order valence-corrected chi connectivity index (χ0v) is 22.1. The number of benzene rings is 3. The molecule has 0 aliphatic carbocycles. The quantitative estimate of drug-likeness (QED) is 0.288. The van der Waals surface area contributed by atoms with Gasteiger partial charge < -0.3 is 20.9 Å². The molecule has 38 heavy (non-hydrogen) atoms. The molecule has 8 nitrogen and oxygen atoms in total. The summed E-state index contributed by atoms with van der Waals surface area (Å²) in [6.45, 7) is 6.51. The van der Waals surface area contributed by atoms with E-state index in [1.165, 1.54) is 0 Å². The van der Waals surface area contributed by atoms with E-state index in [1.54, 1.807) is 24.3 Å². The minimum Gasteiger partial charge on any atom is -0.456 e. The molecule has 0 radical (unpaired) electrons. The summed E-state index contributed by atoms with van der Waals surface area (Å²) in [4.78, 5) is 48.8. The van der Waals surface area contributed by atoms with E-state index in [4.69, 9.17) is 20.9 Å². The first-order chi connectivity index (χ1) is 18.0. The third-order valence-electron chi connectivity index (χ3n) is 6.37. The smallest absolute Gasteiger partial charge is 0.323 e. The normalized spacial score (nSPS) is 12.8. The van der Waals surface area contributed by atoms with Gasteiger partial charge in [0.15, 0.2) is 24.8 Å². The number of nitrogens with two attached hydrogens (primary N) is 2. The molecular formula is C30H34N2O6. The summed E-state index contributed by atoms with van der Waals surface area (Å²) in [6, 6.07) is 16.6. The number of carbonyl (C=O) groups is 4. The predicted octanol–water partition coefficient (Wildman–Crippen LogP) is 3.93. The molecule has 0 saturated heterocycles. The van der Waals surface area contributed by atoms with Gasteiger partial charge in [-0.1, -0.05) is 76.2 Å². The van der Waals surface area contributed by atoms with Crippen LogP contribution in [0.5, 0.6) is 0 Å². The van der Waals surface area contributed by atoms with Gasteiger partial charge in [0.2, 0.25) is 0 Å². The Morgan fingerprint density at radius 1 is 0.605 bits per heavy atom. The maximum atomic E-state index is 12.5. The van der Waals surface area contributed by atoms with Crippen LogP contribution in [-0.2, 0) is 19.1 Å². The zero-order chi connectivity index (χ0) is 28.0. The SMILES string of the molecule is CC(C)[C@H](N)C(=O)OCC(=O)c1ccc(-c2ccc3cc(C(=O)COC(=O)[C@@H](N)C(C)C)ccc3c2)cc1. The van der Waals surface area contributed by atoms with Gasteiger partial charge in [0, 0.05) is 11.1 Å². The average molecular weight is 519 g/mol. The van der Waals surface area contributed by atoms with Crippen LogP contribution in [0.2, 0.25) is 0 Å². The van der Waals surface area contributed by atoms with Crippen LogP contribution in [0.25, 0.3) is 21.9 Å². The van der Waals surface area contributed by atoms with Gasteiger partial charge >= 0.3 is 11.9 Å². The topological polar surface area (TPSA) is 139 Å².